The average molecular weight is 143 g/mol. The number of hydrogen-bond donors (Lipinski definition) is 1. The van der Waals surface area contributed by atoms with Crippen LogP contribution in [0.5, 0.6) is 0 Å². The Balaban J connectivity index is 3.72. The predicted molar refractivity (Wildman–Crippen MR) is 43.7 cm³/mol. The summed E-state index contributed by atoms with van der Waals surface area (Å²) in [7, 11) is 0. The van der Waals surface area contributed by atoms with Crippen molar-refractivity contribution in [2.45, 2.75) is 46.3 Å². The molecular formula is C8H17NO. The topological polar surface area (TPSA) is 33.1 Å². The van der Waals surface area contributed by atoms with Crippen molar-refractivity contribution in [3.8, 4) is 0 Å². The second-order valence-corrected chi connectivity index (χ2v) is 2.76. The van der Waals surface area contributed by atoms with Crippen LogP contribution in [-0.4, -0.2) is 17.9 Å². The number of ether oxygens (including phenoxy) is 1. The van der Waals surface area contributed by atoms with E-state index in [1.165, 1.54) is 0 Å². The molecule has 0 saturated carbocycles. The fraction of sp³-hybridized carbons (Fsp3) is 0.875. The Morgan fingerprint density at radius 1 is 1.50 bits per heavy atom. The molecule has 0 spiro atoms. The molecule has 10 heavy (non-hydrogen) atoms. The van der Waals surface area contributed by atoms with Crippen molar-refractivity contribution in [2.24, 2.45) is 0 Å². The Bertz CT molecular complexity index is 110. The van der Waals surface area contributed by atoms with Gasteiger partial charge >= 0.3 is 0 Å². The smallest absolute Gasteiger partial charge is 0.0946 e. The minimum Gasteiger partial charge on any atom is -0.370 e. The van der Waals surface area contributed by atoms with E-state index in [-0.39, 0.29) is 12.2 Å². The van der Waals surface area contributed by atoms with Gasteiger partial charge in [-0.2, -0.15) is 0 Å². The molecule has 0 aromatic heterocycles. The maximum atomic E-state index is 7.32. The number of hydrogen-bond acceptors (Lipinski definition) is 2. The minimum absolute atomic E-state index is 0.0278. The molecule has 1 N–H and O–H groups in total. The highest BCUT2D eigenvalue weighted by Gasteiger charge is 2.09. The zero-order valence-electron chi connectivity index (χ0n) is 7.27. The first kappa shape index (κ1) is 9.63. The molecule has 0 aliphatic rings. The average Bonchev–Trinajstić information content (AvgIpc) is 1.81. The predicted octanol–water partition coefficient (Wildman–Crippen LogP) is 2.23. The summed E-state index contributed by atoms with van der Waals surface area (Å²) in [4.78, 5) is 0. The van der Waals surface area contributed by atoms with E-state index in [1.54, 1.807) is 6.92 Å². The lowest BCUT2D eigenvalue weighted by Crippen LogP contribution is -2.23. The van der Waals surface area contributed by atoms with E-state index in [1.807, 2.05) is 20.8 Å². The third-order valence-electron chi connectivity index (χ3n) is 1.29. The highest BCUT2D eigenvalue weighted by atomic mass is 16.5. The molecule has 0 radical (unpaired) electrons. The van der Waals surface area contributed by atoms with Crippen LogP contribution in [0.25, 0.3) is 0 Å². The molecular weight excluding hydrogens is 126 g/mol. The van der Waals surface area contributed by atoms with Crippen LogP contribution in [0, 0.1) is 5.41 Å². The SMILES string of the molecule is CCC(OC(C)C)C(C)=N. The van der Waals surface area contributed by atoms with E-state index in [0.717, 1.165) is 6.42 Å². The van der Waals surface area contributed by atoms with Crippen LogP contribution >= 0.6 is 0 Å². The van der Waals surface area contributed by atoms with Crippen LogP contribution in [0.3, 0.4) is 0 Å². The van der Waals surface area contributed by atoms with Crippen molar-refractivity contribution in [1.29, 1.82) is 5.41 Å². The molecule has 0 amide bonds. The summed E-state index contributed by atoms with van der Waals surface area (Å²) in [5, 5.41) is 7.32. The Morgan fingerprint density at radius 2 is 2.00 bits per heavy atom. The van der Waals surface area contributed by atoms with Gasteiger partial charge in [0, 0.05) is 5.71 Å². The molecule has 1 atom stereocenters. The molecule has 0 aliphatic heterocycles. The first-order chi connectivity index (χ1) is 4.57. The molecule has 0 bridgehead atoms. The van der Waals surface area contributed by atoms with E-state index in [9.17, 15) is 0 Å². The summed E-state index contributed by atoms with van der Waals surface area (Å²) in [6, 6.07) is 0. The van der Waals surface area contributed by atoms with Crippen LogP contribution in [0.15, 0.2) is 0 Å². The van der Waals surface area contributed by atoms with Crippen molar-refractivity contribution < 1.29 is 4.74 Å². The monoisotopic (exact) mass is 143 g/mol. The summed E-state index contributed by atoms with van der Waals surface area (Å²) in [6.07, 6.45) is 1.15. The van der Waals surface area contributed by atoms with Crippen LogP contribution in [-0.2, 0) is 4.74 Å². The fourth-order valence-electron chi connectivity index (χ4n) is 0.833. The van der Waals surface area contributed by atoms with E-state index >= 15 is 0 Å². The first-order valence-corrected chi connectivity index (χ1v) is 3.78. The van der Waals surface area contributed by atoms with Crippen molar-refractivity contribution >= 4 is 5.71 Å². The molecule has 0 saturated heterocycles. The Labute approximate surface area is 63.1 Å². The van der Waals surface area contributed by atoms with Gasteiger partial charge in [0.05, 0.1) is 12.2 Å². The van der Waals surface area contributed by atoms with Gasteiger partial charge in [0.1, 0.15) is 0 Å². The summed E-state index contributed by atoms with van der Waals surface area (Å²) in [5.41, 5.74) is 0.621. The minimum atomic E-state index is 0.0278. The van der Waals surface area contributed by atoms with E-state index in [4.69, 9.17) is 10.1 Å². The molecule has 2 heteroatoms. The standard InChI is InChI=1S/C8H17NO/c1-5-8(7(4)9)10-6(2)3/h6,8-9H,5H2,1-4H3. The van der Waals surface area contributed by atoms with Crippen molar-refractivity contribution in [1.82, 2.24) is 0 Å². The zero-order chi connectivity index (χ0) is 8.15. The van der Waals surface area contributed by atoms with Gasteiger partial charge in [-0.15, -0.1) is 0 Å². The molecule has 2 nitrogen and oxygen atoms in total. The zero-order valence-corrected chi connectivity index (χ0v) is 7.27. The van der Waals surface area contributed by atoms with Crippen LogP contribution in [0.1, 0.15) is 34.1 Å². The maximum absolute atomic E-state index is 7.32. The Hall–Kier alpha value is -0.370. The van der Waals surface area contributed by atoms with Crippen molar-refractivity contribution in [3.05, 3.63) is 0 Å². The van der Waals surface area contributed by atoms with Crippen LogP contribution < -0.4 is 0 Å². The van der Waals surface area contributed by atoms with E-state index in [0.29, 0.717) is 5.71 Å². The summed E-state index contributed by atoms with van der Waals surface area (Å²) >= 11 is 0. The molecule has 0 aromatic rings. The van der Waals surface area contributed by atoms with Gasteiger partial charge in [0.2, 0.25) is 0 Å². The second kappa shape index (κ2) is 4.45. The van der Waals surface area contributed by atoms with Gasteiger partial charge in [-0.25, -0.2) is 0 Å². The highest BCUT2D eigenvalue weighted by Crippen LogP contribution is 2.03. The van der Waals surface area contributed by atoms with Crippen molar-refractivity contribution in [2.75, 3.05) is 0 Å². The summed E-state index contributed by atoms with van der Waals surface area (Å²) in [5.74, 6) is 0. The van der Waals surface area contributed by atoms with Gasteiger partial charge in [-0.3, -0.25) is 0 Å². The second-order valence-electron chi connectivity index (χ2n) is 2.76. The van der Waals surface area contributed by atoms with Crippen LogP contribution in [0.2, 0.25) is 0 Å². The third-order valence-corrected chi connectivity index (χ3v) is 1.29. The highest BCUT2D eigenvalue weighted by molar-refractivity contribution is 5.83. The third kappa shape index (κ3) is 3.62. The lowest BCUT2D eigenvalue weighted by molar-refractivity contribution is 0.0440. The molecule has 0 rings (SSSR count). The van der Waals surface area contributed by atoms with Gasteiger partial charge in [0.15, 0.2) is 0 Å². The lowest BCUT2D eigenvalue weighted by atomic mass is 10.2. The molecule has 0 fully saturated rings. The normalized spacial score (nSPS) is 13.7. The van der Waals surface area contributed by atoms with Crippen LogP contribution in [0.4, 0.5) is 0 Å². The van der Waals surface area contributed by atoms with E-state index < -0.39 is 0 Å². The Kier molecular flexibility index (Phi) is 4.28. The van der Waals surface area contributed by atoms with Gasteiger partial charge in [-0.1, -0.05) is 6.92 Å². The van der Waals surface area contributed by atoms with Gasteiger partial charge in [0.25, 0.3) is 0 Å². The first-order valence-electron chi connectivity index (χ1n) is 3.78. The quantitative estimate of drug-likeness (QED) is 0.601. The summed E-state index contributed by atoms with van der Waals surface area (Å²) in [6.45, 7) is 7.80. The molecule has 0 heterocycles. The number of nitrogens with one attached hydrogen (secondary N) is 1. The lowest BCUT2D eigenvalue weighted by Gasteiger charge is -2.17. The molecule has 60 valence electrons. The van der Waals surface area contributed by atoms with Crippen molar-refractivity contribution in [3.63, 3.8) is 0 Å². The molecule has 0 aromatic carbocycles. The van der Waals surface area contributed by atoms with Gasteiger partial charge < -0.3 is 10.1 Å². The molecule has 0 aliphatic carbocycles. The molecule has 1 unspecified atom stereocenters. The fourth-order valence-corrected chi connectivity index (χ4v) is 0.833. The largest absolute Gasteiger partial charge is 0.370 e. The number of rotatable bonds is 4. The maximum Gasteiger partial charge on any atom is 0.0946 e. The Morgan fingerprint density at radius 3 is 2.10 bits per heavy atom. The van der Waals surface area contributed by atoms with E-state index in [2.05, 4.69) is 0 Å². The summed E-state index contributed by atoms with van der Waals surface area (Å²) < 4.78 is 5.44. The van der Waals surface area contributed by atoms with Gasteiger partial charge in [-0.05, 0) is 27.2 Å².